The van der Waals surface area contributed by atoms with Crippen LogP contribution in [0, 0.1) is 12.8 Å². The topological polar surface area (TPSA) is 49.4 Å². The van der Waals surface area contributed by atoms with Crippen molar-refractivity contribution < 1.29 is 9.59 Å². The first-order chi connectivity index (χ1) is 10.6. The third kappa shape index (κ3) is 4.58. The lowest BCUT2D eigenvalue weighted by Gasteiger charge is -2.31. The number of aryl methyl sites for hydroxylation is 1. The highest BCUT2D eigenvalue weighted by Gasteiger charge is 2.24. The van der Waals surface area contributed by atoms with E-state index in [0.717, 1.165) is 50.0 Å². The van der Waals surface area contributed by atoms with Gasteiger partial charge in [0.25, 0.3) is 5.91 Å². The Labute approximate surface area is 132 Å². The molecule has 1 aromatic rings. The van der Waals surface area contributed by atoms with Gasteiger partial charge in [0.2, 0.25) is 5.91 Å². The summed E-state index contributed by atoms with van der Waals surface area (Å²) in [7, 11) is 0. The zero-order valence-corrected chi connectivity index (χ0v) is 13.6. The van der Waals surface area contributed by atoms with Gasteiger partial charge in [-0.2, -0.15) is 0 Å². The summed E-state index contributed by atoms with van der Waals surface area (Å²) in [5, 5.41) is 2.93. The summed E-state index contributed by atoms with van der Waals surface area (Å²) in [5.41, 5.74) is 1.91. The average molecular weight is 302 g/mol. The van der Waals surface area contributed by atoms with Crippen LogP contribution in [-0.4, -0.2) is 36.3 Å². The largest absolute Gasteiger partial charge is 0.356 e. The van der Waals surface area contributed by atoms with E-state index in [1.54, 1.807) is 0 Å². The predicted molar refractivity (Wildman–Crippen MR) is 87.7 cm³/mol. The van der Waals surface area contributed by atoms with E-state index in [2.05, 4.69) is 12.2 Å². The van der Waals surface area contributed by atoms with Crippen molar-refractivity contribution in [1.82, 2.24) is 10.2 Å². The van der Waals surface area contributed by atoms with Gasteiger partial charge < -0.3 is 10.2 Å². The van der Waals surface area contributed by atoms with Crippen molar-refractivity contribution in [2.75, 3.05) is 19.6 Å². The van der Waals surface area contributed by atoms with E-state index in [-0.39, 0.29) is 11.8 Å². The normalized spacial score (nSPS) is 15.6. The molecule has 2 amide bonds. The molecular formula is C18H26N2O2. The van der Waals surface area contributed by atoms with Crippen molar-refractivity contribution in [3.05, 3.63) is 35.4 Å². The maximum atomic E-state index is 12.4. The molecule has 1 aliphatic rings. The summed E-state index contributed by atoms with van der Waals surface area (Å²) >= 11 is 0. The molecule has 4 heteroatoms. The summed E-state index contributed by atoms with van der Waals surface area (Å²) < 4.78 is 0. The molecule has 1 N–H and O–H groups in total. The van der Waals surface area contributed by atoms with Crippen molar-refractivity contribution >= 4 is 11.8 Å². The number of hydrogen-bond acceptors (Lipinski definition) is 2. The molecule has 0 spiro atoms. The van der Waals surface area contributed by atoms with E-state index in [1.807, 2.05) is 36.1 Å². The van der Waals surface area contributed by atoms with Crippen molar-refractivity contribution in [1.29, 1.82) is 0 Å². The lowest BCUT2D eigenvalue weighted by atomic mass is 9.93. The van der Waals surface area contributed by atoms with Crippen LogP contribution in [0.1, 0.15) is 48.5 Å². The van der Waals surface area contributed by atoms with Gasteiger partial charge >= 0.3 is 0 Å². The molecule has 0 bridgehead atoms. The third-order valence-electron chi connectivity index (χ3n) is 4.25. The highest BCUT2D eigenvalue weighted by atomic mass is 16.2. The molecule has 1 saturated heterocycles. The predicted octanol–water partition coefficient (Wildman–Crippen LogP) is 2.76. The van der Waals surface area contributed by atoms with E-state index in [9.17, 15) is 9.59 Å². The third-order valence-corrected chi connectivity index (χ3v) is 4.25. The molecule has 120 valence electrons. The van der Waals surface area contributed by atoms with Gasteiger partial charge in [0.15, 0.2) is 0 Å². The molecule has 2 rings (SSSR count). The van der Waals surface area contributed by atoms with Crippen LogP contribution in [-0.2, 0) is 4.79 Å². The SMILES string of the molecule is CCCNC(=O)CC1CCN(C(=O)c2ccc(C)cc2)CC1. The minimum absolute atomic E-state index is 0.105. The van der Waals surface area contributed by atoms with Crippen LogP contribution in [0.25, 0.3) is 0 Å². The van der Waals surface area contributed by atoms with Crippen molar-refractivity contribution in [2.45, 2.75) is 39.5 Å². The number of nitrogens with zero attached hydrogens (tertiary/aromatic N) is 1. The van der Waals surface area contributed by atoms with Gasteiger partial charge in [0.05, 0.1) is 0 Å². The van der Waals surface area contributed by atoms with Crippen LogP contribution in [0.2, 0.25) is 0 Å². The number of amides is 2. The first-order valence-electron chi connectivity index (χ1n) is 8.22. The highest BCUT2D eigenvalue weighted by molar-refractivity contribution is 5.94. The molecular weight excluding hydrogens is 276 g/mol. The summed E-state index contributed by atoms with van der Waals surface area (Å²) in [6.45, 7) is 6.32. The number of hydrogen-bond donors (Lipinski definition) is 1. The van der Waals surface area contributed by atoms with Gasteiger partial charge in [-0.05, 0) is 44.2 Å². The van der Waals surface area contributed by atoms with Gasteiger partial charge in [0.1, 0.15) is 0 Å². The van der Waals surface area contributed by atoms with E-state index in [0.29, 0.717) is 12.3 Å². The van der Waals surface area contributed by atoms with Gasteiger partial charge in [0, 0.05) is 31.6 Å². The second-order valence-corrected chi connectivity index (χ2v) is 6.16. The lowest BCUT2D eigenvalue weighted by Crippen LogP contribution is -2.39. The molecule has 22 heavy (non-hydrogen) atoms. The molecule has 0 unspecified atom stereocenters. The molecule has 0 saturated carbocycles. The fourth-order valence-electron chi connectivity index (χ4n) is 2.82. The zero-order chi connectivity index (χ0) is 15.9. The molecule has 1 fully saturated rings. The molecule has 4 nitrogen and oxygen atoms in total. The monoisotopic (exact) mass is 302 g/mol. The average Bonchev–Trinajstić information content (AvgIpc) is 2.54. The molecule has 1 aliphatic heterocycles. The van der Waals surface area contributed by atoms with Gasteiger partial charge in [-0.3, -0.25) is 9.59 Å². The van der Waals surface area contributed by atoms with Crippen LogP contribution in [0.3, 0.4) is 0 Å². The van der Waals surface area contributed by atoms with Crippen molar-refractivity contribution in [3.63, 3.8) is 0 Å². The Morgan fingerprint density at radius 1 is 1.18 bits per heavy atom. The number of benzene rings is 1. The van der Waals surface area contributed by atoms with Crippen LogP contribution in [0.4, 0.5) is 0 Å². The Bertz CT molecular complexity index is 502. The molecule has 0 atom stereocenters. The molecule has 1 heterocycles. The molecule has 0 aromatic heterocycles. The minimum Gasteiger partial charge on any atom is -0.356 e. The Hall–Kier alpha value is -1.84. The van der Waals surface area contributed by atoms with E-state index in [4.69, 9.17) is 0 Å². The summed E-state index contributed by atoms with van der Waals surface area (Å²) in [4.78, 5) is 26.1. The fourth-order valence-corrected chi connectivity index (χ4v) is 2.82. The van der Waals surface area contributed by atoms with E-state index in [1.165, 1.54) is 0 Å². The van der Waals surface area contributed by atoms with Crippen LogP contribution >= 0.6 is 0 Å². The number of rotatable bonds is 5. The second-order valence-electron chi connectivity index (χ2n) is 6.16. The quantitative estimate of drug-likeness (QED) is 0.909. The Kier molecular flexibility index (Phi) is 5.99. The van der Waals surface area contributed by atoms with E-state index >= 15 is 0 Å². The molecule has 0 radical (unpaired) electrons. The number of piperidine rings is 1. The minimum atomic E-state index is 0.105. The van der Waals surface area contributed by atoms with Gasteiger partial charge in [-0.25, -0.2) is 0 Å². The molecule has 1 aromatic carbocycles. The summed E-state index contributed by atoms with van der Waals surface area (Å²) in [6.07, 6.45) is 3.39. The van der Waals surface area contributed by atoms with Crippen molar-refractivity contribution in [3.8, 4) is 0 Å². The Balaban J connectivity index is 1.80. The lowest BCUT2D eigenvalue weighted by molar-refractivity contribution is -0.122. The van der Waals surface area contributed by atoms with Crippen molar-refractivity contribution in [2.24, 2.45) is 5.92 Å². The number of nitrogens with one attached hydrogen (secondary N) is 1. The van der Waals surface area contributed by atoms with Crippen LogP contribution < -0.4 is 5.32 Å². The zero-order valence-electron chi connectivity index (χ0n) is 13.6. The molecule has 0 aliphatic carbocycles. The Morgan fingerprint density at radius 2 is 1.82 bits per heavy atom. The standard InChI is InChI=1S/C18H26N2O2/c1-3-10-19-17(21)13-15-8-11-20(12-9-15)18(22)16-6-4-14(2)5-7-16/h4-7,15H,3,8-13H2,1-2H3,(H,19,21). The van der Waals surface area contributed by atoms with Gasteiger partial charge in [-0.1, -0.05) is 24.6 Å². The maximum Gasteiger partial charge on any atom is 0.253 e. The number of carbonyl (C=O) groups excluding carboxylic acids is 2. The Morgan fingerprint density at radius 3 is 2.41 bits per heavy atom. The number of likely N-dealkylation sites (tertiary alicyclic amines) is 1. The first kappa shape index (κ1) is 16.5. The second kappa shape index (κ2) is 7.97. The first-order valence-corrected chi connectivity index (χ1v) is 8.22. The summed E-state index contributed by atoms with van der Waals surface area (Å²) in [6, 6.07) is 7.72. The fraction of sp³-hybridized carbons (Fsp3) is 0.556. The highest BCUT2D eigenvalue weighted by Crippen LogP contribution is 2.22. The van der Waals surface area contributed by atoms with Crippen LogP contribution in [0.15, 0.2) is 24.3 Å². The summed E-state index contributed by atoms with van der Waals surface area (Å²) in [5.74, 6) is 0.651. The van der Waals surface area contributed by atoms with Crippen LogP contribution in [0.5, 0.6) is 0 Å². The van der Waals surface area contributed by atoms with E-state index < -0.39 is 0 Å². The smallest absolute Gasteiger partial charge is 0.253 e. The van der Waals surface area contributed by atoms with Gasteiger partial charge in [-0.15, -0.1) is 0 Å². The maximum absolute atomic E-state index is 12.4. The number of carbonyl (C=O) groups is 2.